The number of anilines is 3. The standard InChI is InChI=1S/C18H17N5O5/c1-28-15(26)13-7-4-11(8-14(13)25)20-17-21-16(22-18(27)23-17)19-9-10-2-5-12(24)6-3-10/h2-8,24-25H,9H2,1H3,(H3,19,20,21,22,23,27). The van der Waals surface area contributed by atoms with Crippen molar-refractivity contribution < 1.29 is 24.9 Å². The number of ether oxygens (including phenoxy) is 1. The van der Waals surface area contributed by atoms with Gasteiger partial charge in [0.15, 0.2) is 0 Å². The number of hydrogen-bond acceptors (Lipinski definition) is 10. The van der Waals surface area contributed by atoms with Crippen LogP contribution in [0.3, 0.4) is 0 Å². The highest BCUT2D eigenvalue weighted by atomic mass is 16.5. The Morgan fingerprint density at radius 3 is 2.39 bits per heavy atom. The number of nitrogens with one attached hydrogen (secondary N) is 2. The summed E-state index contributed by atoms with van der Waals surface area (Å²) in [6.45, 7) is 0.359. The van der Waals surface area contributed by atoms with Crippen molar-refractivity contribution in [3.63, 3.8) is 0 Å². The molecule has 5 N–H and O–H groups in total. The van der Waals surface area contributed by atoms with Crippen LogP contribution in [0, 0.1) is 0 Å². The number of esters is 1. The van der Waals surface area contributed by atoms with Gasteiger partial charge < -0.3 is 30.7 Å². The van der Waals surface area contributed by atoms with E-state index in [1.165, 1.54) is 25.3 Å². The number of aromatic hydroxyl groups is 3. The van der Waals surface area contributed by atoms with Crippen LogP contribution in [0.5, 0.6) is 17.5 Å². The number of methoxy groups -OCH3 is 1. The zero-order valence-electron chi connectivity index (χ0n) is 14.7. The molecule has 0 saturated carbocycles. The van der Waals surface area contributed by atoms with Crippen LogP contribution in [0.2, 0.25) is 0 Å². The summed E-state index contributed by atoms with van der Waals surface area (Å²) in [7, 11) is 1.22. The Morgan fingerprint density at radius 1 is 1.00 bits per heavy atom. The van der Waals surface area contributed by atoms with Crippen molar-refractivity contribution in [2.75, 3.05) is 17.7 Å². The van der Waals surface area contributed by atoms with Crippen LogP contribution in [0.1, 0.15) is 15.9 Å². The summed E-state index contributed by atoms with van der Waals surface area (Å²) in [5, 5.41) is 34.7. The van der Waals surface area contributed by atoms with Crippen LogP contribution in [0.4, 0.5) is 17.6 Å². The van der Waals surface area contributed by atoms with Crippen LogP contribution >= 0.6 is 0 Å². The smallest absolute Gasteiger partial charge is 0.341 e. The van der Waals surface area contributed by atoms with Gasteiger partial charge in [0.05, 0.1) is 7.11 Å². The third kappa shape index (κ3) is 4.55. The second-order valence-electron chi connectivity index (χ2n) is 5.65. The molecule has 0 amide bonds. The molecule has 0 spiro atoms. The van der Waals surface area contributed by atoms with E-state index in [1.54, 1.807) is 24.3 Å². The molecular weight excluding hydrogens is 366 g/mol. The topological polar surface area (TPSA) is 150 Å². The molecule has 10 nitrogen and oxygen atoms in total. The molecule has 3 rings (SSSR count). The number of phenolic OH excluding ortho intramolecular Hbond substituents is 2. The van der Waals surface area contributed by atoms with E-state index in [-0.39, 0.29) is 29.0 Å². The van der Waals surface area contributed by atoms with Crippen LogP contribution < -0.4 is 10.6 Å². The predicted molar refractivity (Wildman–Crippen MR) is 99.7 cm³/mol. The Labute approximate surface area is 159 Å². The molecule has 0 saturated heterocycles. The second kappa shape index (κ2) is 8.08. The maximum absolute atomic E-state index is 11.5. The first-order valence-corrected chi connectivity index (χ1v) is 8.10. The molecule has 10 heteroatoms. The van der Waals surface area contributed by atoms with Crippen molar-refractivity contribution in [3.8, 4) is 17.5 Å². The molecule has 1 heterocycles. The molecule has 0 aliphatic carbocycles. The molecule has 144 valence electrons. The quantitative estimate of drug-likeness (QED) is 0.401. The van der Waals surface area contributed by atoms with Crippen LogP contribution in [-0.4, -0.2) is 43.4 Å². The lowest BCUT2D eigenvalue weighted by molar-refractivity contribution is 0.0597. The second-order valence-corrected chi connectivity index (χ2v) is 5.65. The number of phenols is 2. The van der Waals surface area contributed by atoms with Crippen molar-refractivity contribution in [1.82, 2.24) is 15.0 Å². The first-order valence-electron chi connectivity index (χ1n) is 8.10. The molecule has 0 aliphatic rings. The number of carbonyl (C=O) groups excluding carboxylic acids is 1. The van der Waals surface area contributed by atoms with Gasteiger partial charge in [0.2, 0.25) is 11.9 Å². The van der Waals surface area contributed by atoms with Crippen LogP contribution in [-0.2, 0) is 11.3 Å². The predicted octanol–water partition coefficient (Wildman–Crippen LogP) is 2.13. The van der Waals surface area contributed by atoms with Crippen molar-refractivity contribution >= 4 is 23.6 Å². The van der Waals surface area contributed by atoms with Crippen LogP contribution in [0.15, 0.2) is 42.5 Å². The zero-order chi connectivity index (χ0) is 20.1. The first-order chi connectivity index (χ1) is 13.4. The number of rotatable bonds is 6. The van der Waals surface area contributed by atoms with E-state index in [9.17, 15) is 20.1 Å². The van der Waals surface area contributed by atoms with Crippen molar-refractivity contribution in [3.05, 3.63) is 53.6 Å². The minimum Gasteiger partial charge on any atom is -0.508 e. The summed E-state index contributed by atoms with van der Waals surface area (Å²) < 4.78 is 4.57. The molecule has 3 aromatic rings. The van der Waals surface area contributed by atoms with Gasteiger partial charge in [-0.2, -0.15) is 15.0 Å². The van der Waals surface area contributed by atoms with E-state index in [1.807, 2.05) is 0 Å². The SMILES string of the molecule is COC(=O)c1ccc(Nc2nc(O)nc(NCc3ccc(O)cc3)n2)cc1O. The van der Waals surface area contributed by atoms with E-state index >= 15 is 0 Å². The van der Waals surface area contributed by atoms with E-state index < -0.39 is 12.0 Å². The normalized spacial score (nSPS) is 10.3. The van der Waals surface area contributed by atoms with Gasteiger partial charge in [-0.15, -0.1) is 0 Å². The third-order valence-corrected chi connectivity index (χ3v) is 3.67. The third-order valence-electron chi connectivity index (χ3n) is 3.67. The zero-order valence-corrected chi connectivity index (χ0v) is 14.7. The fraction of sp³-hybridized carbons (Fsp3) is 0.111. The van der Waals surface area contributed by atoms with E-state index in [0.29, 0.717) is 12.2 Å². The number of benzene rings is 2. The lowest BCUT2D eigenvalue weighted by Crippen LogP contribution is -2.07. The highest BCUT2D eigenvalue weighted by molar-refractivity contribution is 5.93. The molecule has 2 aromatic carbocycles. The number of aromatic nitrogens is 3. The largest absolute Gasteiger partial charge is 0.508 e. The van der Waals surface area contributed by atoms with Crippen LogP contribution in [0.25, 0.3) is 0 Å². The lowest BCUT2D eigenvalue weighted by atomic mass is 10.2. The highest BCUT2D eigenvalue weighted by Crippen LogP contribution is 2.25. The van der Waals surface area contributed by atoms with Gasteiger partial charge in [-0.05, 0) is 29.8 Å². The monoisotopic (exact) mass is 383 g/mol. The Kier molecular flexibility index (Phi) is 5.40. The van der Waals surface area contributed by atoms with Gasteiger partial charge in [0.25, 0.3) is 0 Å². The summed E-state index contributed by atoms with van der Waals surface area (Å²) in [4.78, 5) is 23.2. The maximum atomic E-state index is 11.5. The number of carbonyl (C=O) groups is 1. The minimum atomic E-state index is -0.664. The maximum Gasteiger partial charge on any atom is 0.341 e. The highest BCUT2D eigenvalue weighted by Gasteiger charge is 2.13. The average Bonchev–Trinajstić information content (AvgIpc) is 2.67. The number of hydrogen-bond donors (Lipinski definition) is 5. The Balaban J connectivity index is 1.73. The fourth-order valence-corrected chi connectivity index (χ4v) is 2.32. The molecule has 0 aliphatic heterocycles. The first kappa shape index (κ1) is 18.7. The van der Waals surface area contributed by atoms with Gasteiger partial charge in [-0.25, -0.2) is 4.79 Å². The Bertz CT molecular complexity index is 994. The summed E-state index contributed by atoms with van der Waals surface area (Å²) in [6, 6.07) is 10.3. The van der Waals surface area contributed by atoms with Gasteiger partial charge in [0, 0.05) is 18.3 Å². The lowest BCUT2D eigenvalue weighted by Gasteiger charge is -2.10. The van der Waals surface area contributed by atoms with Crippen molar-refractivity contribution in [2.45, 2.75) is 6.54 Å². The Hall–Kier alpha value is -4.08. The summed E-state index contributed by atoms with van der Waals surface area (Å²) >= 11 is 0. The molecule has 28 heavy (non-hydrogen) atoms. The van der Waals surface area contributed by atoms with Crippen molar-refractivity contribution in [1.29, 1.82) is 0 Å². The van der Waals surface area contributed by atoms with Crippen molar-refractivity contribution in [2.24, 2.45) is 0 Å². The Morgan fingerprint density at radius 2 is 1.71 bits per heavy atom. The van der Waals surface area contributed by atoms with E-state index in [0.717, 1.165) is 5.56 Å². The minimum absolute atomic E-state index is 0.0165. The van der Waals surface area contributed by atoms with Gasteiger partial charge in [-0.3, -0.25) is 0 Å². The summed E-state index contributed by atoms with van der Waals surface area (Å²) in [5.74, 6) is -0.623. The molecule has 0 fully saturated rings. The fourth-order valence-electron chi connectivity index (χ4n) is 2.32. The molecule has 0 radical (unpaired) electrons. The van der Waals surface area contributed by atoms with E-state index in [4.69, 9.17) is 0 Å². The molecule has 0 atom stereocenters. The van der Waals surface area contributed by atoms with Gasteiger partial charge in [-0.1, -0.05) is 12.1 Å². The summed E-state index contributed by atoms with van der Waals surface area (Å²) in [5.41, 5.74) is 1.28. The summed E-state index contributed by atoms with van der Waals surface area (Å²) in [6.07, 6.45) is 0. The van der Waals surface area contributed by atoms with Gasteiger partial charge in [0.1, 0.15) is 17.1 Å². The average molecular weight is 383 g/mol. The van der Waals surface area contributed by atoms with Gasteiger partial charge >= 0.3 is 12.0 Å². The number of nitrogens with zero attached hydrogens (tertiary/aromatic N) is 3. The molecule has 0 unspecified atom stereocenters. The molecule has 0 bridgehead atoms. The molecule has 1 aromatic heterocycles. The molecular formula is C18H17N5O5. The van der Waals surface area contributed by atoms with E-state index in [2.05, 4.69) is 30.3 Å².